The number of piperidine rings is 1. The molecule has 1 saturated heterocycles. The van der Waals surface area contributed by atoms with Gasteiger partial charge in [0.1, 0.15) is 0 Å². The summed E-state index contributed by atoms with van der Waals surface area (Å²) in [5.74, 6) is 1.84. The van der Waals surface area contributed by atoms with Gasteiger partial charge in [0, 0.05) is 12.1 Å². The molecule has 1 saturated carbocycles. The van der Waals surface area contributed by atoms with E-state index in [0.29, 0.717) is 11.0 Å². The molecule has 1 aliphatic carbocycles. The molecule has 0 spiro atoms. The van der Waals surface area contributed by atoms with Gasteiger partial charge in [0.05, 0.1) is 0 Å². The Labute approximate surface area is 132 Å². The lowest BCUT2D eigenvalue weighted by Crippen LogP contribution is -2.56. The van der Waals surface area contributed by atoms with Crippen LogP contribution in [0.4, 0.5) is 0 Å². The van der Waals surface area contributed by atoms with Crippen LogP contribution in [-0.2, 0) is 0 Å². The van der Waals surface area contributed by atoms with Gasteiger partial charge in [-0.25, -0.2) is 0 Å². The molecule has 2 rings (SSSR count). The Morgan fingerprint density at radius 2 is 1.71 bits per heavy atom. The zero-order chi connectivity index (χ0) is 15.5. The van der Waals surface area contributed by atoms with E-state index in [0.717, 1.165) is 18.4 Å². The summed E-state index contributed by atoms with van der Waals surface area (Å²) in [6.45, 7) is 13.0. The first kappa shape index (κ1) is 17.3. The summed E-state index contributed by atoms with van der Waals surface area (Å²) >= 11 is 0. The topological polar surface area (TPSA) is 29.3 Å². The Morgan fingerprint density at radius 3 is 2.24 bits per heavy atom. The third kappa shape index (κ3) is 4.01. The second kappa shape index (κ2) is 7.00. The van der Waals surface area contributed by atoms with Gasteiger partial charge >= 0.3 is 0 Å². The molecular weight excluding hydrogens is 256 g/mol. The van der Waals surface area contributed by atoms with Crippen LogP contribution in [0.25, 0.3) is 0 Å². The number of nitrogens with zero attached hydrogens (tertiary/aromatic N) is 1. The lowest BCUT2D eigenvalue weighted by atomic mass is 9.74. The fourth-order valence-electron chi connectivity index (χ4n) is 4.74. The summed E-state index contributed by atoms with van der Waals surface area (Å²) in [6, 6.07) is 0. The van der Waals surface area contributed by atoms with Gasteiger partial charge in [-0.2, -0.15) is 0 Å². The molecule has 2 unspecified atom stereocenters. The molecule has 21 heavy (non-hydrogen) atoms. The highest BCUT2D eigenvalue weighted by molar-refractivity contribution is 4.96. The van der Waals surface area contributed by atoms with E-state index in [1.165, 1.54) is 64.5 Å². The van der Waals surface area contributed by atoms with Gasteiger partial charge in [-0.05, 0) is 62.4 Å². The quantitative estimate of drug-likeness (QED) is 0.780. The summed E-state index contributed by atoms with van der Waals surface area (Å²) < 4.78 is 0. The van der Waals surface area contributed by atoms with Gasteiger partial charge in [-0.3, -0.25) is 4.90 Å². The number of nitrogens with two attached hydrogens (primary N) is 1. The van der Waals surface area contributed by atoms with Crippen LogP contribution in [0.3, 0.4) is 0 Å². The lowest BCUT2D eigenvalue weighted by Gasteiger charge is -2.48. The van der Waals surface area contributed by atoms with E-state index in [9.17, 15) is 0 Å². The first-order chi connectivity index (χ1) is 9.91. The number of likely N-dealkylation sites (tertiary alicyclic amines) is 1. The van der Waals surface area contributed by atoms with E-state index < -0.39 is 0 Å². The van der Waals surface area contributed by atoms with Gasteiger partial charge in [-0.15, -0.1) is 0 Å². The van der Waals surface area contributed by atoms with Crippen LogP contribution in [0.1, 0.15) is 79.1 Å². The Bertz CT molecular complexity index is 312. The molecule has 2 heteroatoms. The van der Waals surface area contributed by atoms with Crippen LogP contribution in [0.15, 0.2) is 0 Å². The van der Waals surface area contributed by atoms with Crippen molar-refractivity contribution in [1.82, 2.24) is 4.90 Å². The number of hydrogen-bond donors (Lipinski definition) is 1. The van der Waals surface area contributed by atoms with Gasteiger partial charge < -0.3 is 5.73 Å². The summed E-state index contributed by atoms with van der Waals surface area (Å²) in [4.78, 5) is 2.78. The number of hydrogen-bond acceptors (Lipinski definition) is 2. The zero-order valence-electron chi connectivity index (χ0n) is 15.0. The third-order valence-electron chi connectivity index (χ3n) is 6.62. The lowest BCUT2D eigenvalue weighted by molar-refractivity contribution is 0.0199. The summed E-state index contributed by atoms with van der Waals surface area (Å²) in [6.07, 6.45) is 11.0. The summed E-state index contributed by atoms with van der Waals surface area (Å²) in [7, 11) is 0. The largest absolute Gasteiger partial charge is 0.329 e. The van der Waals surface area contributed by atoms with E-state index in [1.54, 1.807) is 0 Å². The van der Waals surface area contributed by atoms with Crippen molar-refractivity contribution >= 4 is 0 Å². The summed E-state index contributed by atoms with van der Waals surface area (Å²) in [5, 5.41) is 0. The monoisotopic (exact) mass is 294 g/mol. The third-order valence-corrected chi connectivity index (χ3v) is 6.62. The Hall–Kier alpha value is -0.0800. The van der Waals surface area contributed by atoms with Crippen molar-refractivity contribution < 1.29 is 0 Å². The molecule has 2 nitrogen and oxygen atoms in total. The molecule has 2 aliphatic rings. The van der Waals surface area contributed by atoms with Crippen LogP contribution < -0.4 is 5.73 Å². The van der Waals surface area contributed by atoms with E-state index in [1.807, 2.05) is 0 Å². The van der Waals surface area contributed by atoms with E-state index in [4.69, 9.17) is 5.73 Å². The molecule has 2 fully saturated rings. The van der Waals surface area contributed by atoms with E-state index >= 15 is 0 Å². The molecular formula is C19H38N2. The van der Waals surface area contributed by atoms with E-state index in [2.05, 4.69) is 32.6 Å². The molecule has 0 radical (unpaired) electrons. The van der Waals surface area contributed by atoms with Crippen molar-refractivity contribution in [3.8, 4) is 0 Å². The van der Waals surface area contributed by atoms with Crippen LogP contribution in [-0.4, -0.2) is 30.1 Å². The Kier molecular flexibility index (Phi) is 5.76. The van der Waals surface area contributed by atoms with Gasteiger partial charge in [0.15, 0.2) is 0 Å². The van der Waals surface area contributed by atoms with Crippen molar-refractivity contribution in [2.24, 2.45) is 23.0 Å². The molecule has 0 aromatic heterocycles. The van der Waals surface area contributed by atoms with Crippen molar-refractivity contribution in [1.29, 1.82) is 0 Å². The first-order valence-corrected chi connectivity index (χ1v) is 9.36. The van der Waals surface area contributed by atoms with E-state index in [-0.39, 0.29) is 0 Å². The van der Waals surface area contributed by atoms with Gasteiger partial charge in [-0.1, -0.05) is 47.0 Å². The fraction of sp³-hybridized carbons (Fsp3) is 1.00. The predicted molar refractivity (Wildman–Crippen MR) is 92.4 cm³/mol. The molecule has 0 aromatic rings. The van der Waals surface area contributed by atoms with Crippen LogP contribution >= 0.6 is 0 Å². The minimum atomic E-state index is 0.326. The maximum absolute atomic E-state index is 6.30. The van der Waals surface area contributed by atoms with Gasteiger partial charge in [0.2, 0.25) is 0 Å². The normalized spacial score (nSPS) is 33.9. The molecule has 2 atom stereocenters. The second-order valence-electron chi connectivity index (χ2n) is 8.76. The van der Waals surface area contributed by atoms with Crippen LogP contribution in [0, 0.1) is 17.3 Å². The molecule has 1 aliphatic heterocycles. The molecule has 0 amide bonds. The molecule has 124 valence electrons. The molecule has 0 bridgehead atoms. The van der Waals surface area contributed by atoms with Crippen LogP contribution in [0.2, 0.25) is 0 Å². The fourth-order valence-corrected chi connectivity index (χ4v) is 4.74. The van der Waals surface area contributed by atoms with Crippen molar-refractivity contribution in [3.63, 3.8) is 0 Å². The smallest absolute Gasteiger partial charge is 0.0331 e. The average Bonchev–Trinajstić information content (AvgIpc) is 2.69. The molecule has 2 N–H and O–H groups in total. The summed E-state index contributed by atoms with van der Waals surface area (Å²) in [5.41, 5.74) is 7.10. The average molecular weight is 295 g/mol. The maximum Gasteiger partial charge on any atom is 0.0331 e. The number of rotatable bonds is 3. The minimum Gasteiger partial charge on any atom is -0.329 e. The maximum atomic E-state index is 6.30. The second-order valence-corrected chi connectivity index (χ2v) is 8.76. The Balaban J connectivity index is 1.98. The Morgan fingerprint density at radius 1 is 1.05 bits per heavy atom. The van der Waals surface area contributed by atoms with Crippen molar-refractivity contribution in [2.45, 2.75) is 84.6 Å². The van der Waals surface area contributed by atoms with Gasteiger partial charge in [0.25, 0.3) is 0 Å². The highest BCUT2D eigenvalue weighted by Crippen LogP contribution is 2.40. The minimum absolute atomic E-state index is 0.326. The highest BCUT2D eigenvalue weighted by Gasteiger charge is 2.40. The standard InChI is InChI=1S/C19H38N2/c1-5-16-7-6-11-19(15-20,12-8-16)21-13-9-17(10-14-21)18(2,3)4/h16-17H,5-15,20H2,1-4H3. The molecule has 0 aromatic carbocycles. The van der Waals surface area contributed by atoms with Crippen LogP contribution in [0.5, 0.6) is 0 Å². The molecule has 1 heterocycles. The first-order valence-electron chi connectivity index (χ1n) is 9.36. The highest BCUT2D eigenvalue weighted by atomic mass is 15.2. The predicted octanol–water partition coefficient (Wildman–Crippen LogP) is 4.43. The zero-order valence-corrected chi connectivity index (χ0v) is 15.0. The van der Waals surface area contributed by atoms with Crippen molar-refractivity contribution in [3.05, 3.63) is 0 Å². The van der Waals surface area contributed by atoms with Crippen molar-refractivity contribution in [2.75, 3.05) is 19.6 Å². The SMILES string of the molecule is CCC1CCCC(CN)(N2CCC(C(C)(C)C)CC2)CC1.